The summed E-state index contributed by atoms with van der Waals surface area (Å²) in [5.41, 5.74) is 2.78. The standard InChI is InChI=1S/C24H34OSi/c1-24(2,3)26(4,5)25-20-12-17-23(22-15-10-7-11-16-22)19-18-21-13-8-6-9-14-21/h6-17,23H,18-20H2,1-5H3/b17-12+. The second-order valence-electron chi connectivity index (χ2n) is 8.54. The molecule has 0 saturated carbocycles. The van der Waals surface area contributed by atoms with Crippen LogP contribution in [0.3, 0.4) is 0 Å². The lowest BCUT2D eigenvalue weighted by Gasteiger charge is -2.35. The largest absolute Gasteiger partial charge is 0.413 e. The van der Waals surface area contributed by atoms with Crippen LogP contribution in [0.15, 0.2) is 72.8 Å². The van der Waals surface area contributed by atoms with Gasteiger partial charge in [-0.1, -0.05) is 93.6 Å². The first-order chi connectivity index (χ1) is 12.3. The zero-order valence-corrected chi connectivity index (χ0v) is 18.0. The first kappa shape index (κ1) is 20.7. The average Bonchev–Trinajstić information content (AvgIpc) is 2.61. The van der Waals surface area contributed by atoms with Gasteiger partial charge in [0.25, 0.3) is 0 Å². The molecule has 0 aromatic heterocycles. The SMILES string of the molecule is CC(C)(C)[Si](C)(C)OC/C=C/C(CCc1ccccc1)c1ccccc1. The van der Waals surface area contributed by atoms with Crippen LogP contribution in [0.4, 0.5) is 0 Å². The molecule has 0 radical (unpaired) electrons. The van der Waals surface area contributed by atoms with Crippen LogP contribution < -0.4 is 0 Å². The summed E-state index contributed by atoms with van der Waals surface area (Å²) in [7, 11) is -1.68. The normalized spacial score (nSPS) is 13.9. The minimum absolute atomic E-state index is 0.257. The summed E-state index contributed by atoms with van der Waals surface area (Å²) in [5, 5.41) is 0.257. The number of allylic oxidation sites excluding steroid dienone is 1. The highest BCUT2D eigenvalue weighted by Crippen LogP contribution is 2.36. The van der Waals surface area contributed by atoms with Gasteiger partial charge in [-0.15, -0.1) is 0 Å². The van der Waals surface area contributed by atoms with Crippen molar-refractivity contribution in [2.75, 3.05) is 6.61 Å². The van der Waals surface area contributed by atoms with E-state index in [1.165, 1.54) is 11.1 Å². The summed E-state index contributed by atoms with van der Waals surface area (Å²) in [5.74, 6) is 0.430. The summed E-state index contributed by atoms with van der Waals surface area (Å²) >= 11 is 0. The first-order valence-corrected chi connectivity index (χ1v) is 12.6. The summed E-state index contributed by atoms with van der Waals surface area (Å²) in [6.07, 6.45) is 6.77. The Morgan fingerprint density at radius 1 is 0.923 bits per heavy atom. The fourth-order valence-electron chi connectivity index (χ4n) is 2.73. The molecule has 2 aromatic rings. The van der Waals surface area contributed by atoms with Crippen LogP contribution in [-0.4, -0.2) is 14.9 Å². The third-order valence-corrected chi connectivity index (χ3v) is 10.0. The van der Waals surface area contributed by atoms with Crippen molar-refractivity contribution < 1.29 is 4.43 Å². The molecule has 0 N–H and O–H groups in total. The number of rotatable bonds is 8. The zero-order chi connectivity index (χ0) is 19.0. The molecule has 2 aromatic carbocycles. The molecule has 0 aliphatic carbocycles. The van der Waals surface area contributed by atoms with Crippen molar-refractivity contribution in [3.63, 3.8) is 0 Å². The Bertz CT molecular complexity index is 668. The molecule has 1 nitrogen and oxygen atoms in total. The zero-order valence-electron chi connectivity index (χ0n) is 17.0. The van der Waals surface area contributed by atoms with Crippen LogP contribution in [0.25, 0.3) is 0 Å². The van der Waals surface area contributed by atoms with Crippen LogP contribution in [0.1, 0.15) is 44.2 Å². The molecule has 2 heteroatoms. The maximum Gasteiger partial charge on any atom is 0.192 e. The lowest BCUT2D eigenvalue weighted by Crippen LogP contribution is -2.40. The van der Waals surface area contributed by atoms with Crippen LogP contribution in [0.5, 0.6) is 0 Å². The van der Waals surface area contributed by atoms with Gasteiger partial charge >= 0.3 is 0 Å². The van der Waals surface area contributed by atoms with Gasteiger partial charge in [-0.05, 0) is 42.1 Å². The average molecular weight is 367 g/mol. The van der Waals surface area contributed by atoms with E-state index in [0.717, 1.165) is 12.8 Å². The van der Waals surface area contributed by atoms with Crippen molar-refractivity contribution in [1.29, 1.82) is 0 Å². The van der Waals surface area contributed by atoms with Crippen molar-refractivity contribution in [3.05, 3.63) is 83.9 Å². The second-order valence-corrected chi connectivity index (χ2v) is 13.4. The molecule has 140 valence electrons. The fraction of sp³-hybridized carbons (Fsp3) is 0.417. The summed E-state index contributed by atoms with van der Waals surface area (Å²) in [4.78, 5) is 0. The van der Waals surface area contributed by atoms with E-state index in [0.29, 0.717) is 12.5 Å². The van der Waals surface area contributed by atoms with Gasteiger partial charge in [0, 0.05) is 5.92 Å². The van der Waals surface area contributed by atoms with Crippen molar-refractivity contribution in [3.8, 4) is 0 Å². The van der Waals surface area contributed by atoms with E-state index in [9.17, 15) is 0 Å². The van der Waals surface area contributed by atoms with Crippen LogP contribution in [0, 0.1) is 0 Å². The van der Waals surface area contributed by atoms with Crippen LogP contribution in [0.2, 0.25) is 18.1 Å². The molecule has 0 heterocycles. The minimum Gasteiger partial charge on any atom is -0.413 e. The Labute approximate surface area is 161 Å². The maximum atomic E-state index is 6.30. The molecule has 0 saturated heterocycles. The van der Waals surface area contributed by atoms with Gasteiger partial charge in [0.2, 0.25) is 0 Å². The first-order valence-electron chi connectivity index (χ1n) is 9.69. The Hall–Kier alpha value is -1.64. The smallest absolute Gasteiger partial charge is 0.192 e. The van der Waals surface area contributed by atoms with Gasteiger partial charge in [0.1, 0.15) is 0 Å². The van der Waals surface area contributed by atoms with Gasteiger partial charge in [-0.3, -0.25) is 0 Å². The third-order valence-electron chi connectivity index (χ3n) is 5.53. The summed E-state index contributed by atoms with van der Waals surface area (Å²) in [6, 6.07) is 21.6. The van der Waals surface area contributed by atoms with Gasteiger partial charge < -0.3 is 4.43 Å². The van der Waals surface area contributed by atoms with Crippen molar-refractivity contribution in [1.82, 2.24) is 0 Å². The molecular formula is C24H34OSi. The molecule has 0 fully saturated rings. The van der Waals surface area contributed by atoms with Crippen molar-refractivity contribution >= 4 is 8.32 Å². The van der Waals surface area contributed by atoms with Crippen LogP contribution in [-0.2, 0) is 10.8 Å². The second kappa shape index (κ2) is 9.34. The number of benzene rings is 2. The number of hydrogen-bond donors (Lipinski definition) is 0. The maximum absolute atomic E-state index is 6.30. The fourth-order valence-corrected chi connectivity index (χ4v) is 3.68. The number of hydrogen-bond acceptors (Lipinski definition) is 1. The Balaban J connectivity index is 2.00. The molecule has 0 amide bonds. The highest BCUT2D eigenvalue weighted by Gasteiger charge is 2.36. The van der Waals surface area contributed by atoms with E-state index in [-0.39, 0.29) is 5.04 Å². The lowest BCUT2D eigenvalue weighted by molar-refractivity contribution is 0.327. The molecular weight excluding hydrogens is 332 g/mol. The molecule has 1 unspecified atom stereocenters. The summed E-state index contributed by atoms with van der Waals surface area (Å²) in [6.45, 7) is 12.2. The summed E-state index contributed by atoms with van der Waals surface area (Å²) < 4.78 is 6.30. The van der Waals surface area contributed by atoms with Gasteiger partial charge in [0.15, 0.2) is 8.32 Å². The van der Waals surface area contributed by atoms with E-state index in [1.54, 1.807) is 0 Å². The molecule has 26 heavy (non-hydrogen) atoms. The van der Waals surface area contributed by atoms with Crippen LogP contribution >= 0.6 is 0 Å². The van der Waals surface area contributed by atoms with E-state index in [4.69, 9.17) is 4.43 Å². The van der Waals surface area contributed by atoms with Crippen molar-refractivity contribution in [2.24, 2.45) is 0 Å². The monoisotopic (exact) mass is 366 g/mol. The molecule has 1 atom stereocenters. The van der Waals surface area contributed by atoms with E-state index in [2.05, 4.69) is 107 Å². The highest BCUT2D eigenvalue weighted by atomic mass is 28.4. The molecule has 2 rings (SSSR count). The molecule has 0 aliphatic heterocycles. The van der Waals surface area contributed by atoms with Gasteiger partial charge in [-0.2, -0.15) is 0 Å². The molecule has 0 aliphatic rings. The molecule has 0 spiro atoms. The highest BCUT2D eigenvalue weighted by molar-refractivity contribution is 6.74. The Morgan fingerprint density at radius 3 is 2.08 bits per heavy atom. The quantitative estimate of drug-likeness (QED) is 0.361. The Kier molecular flexibility index (Phi) is 7.42. The lowest BCUT2D eigenvalue weighted by atomic mass is 9.92. The predicted molar refractivity (Wildman–Crippen MR) is 116 cm³/mol. The van der Waals surface area contributed by atoms with E-state index >= 15 is 0 Å². The van der Waals surface area contributed by atoms with E-state index in [1.807, 2.05) is 0 Å². The number of aryl methyl sites for hydroxylation is 1. The molecule has 0 bridgehead atoms. The Morgan fingerprint density at radius 2 is 1.50 bits per heavy atom. The minimum atomic E-state index is -1.68. The van der Waals surface area contributed by atoms with E-state index < -0.39 is 8.32 Å². The predicted octanol–water partition coefficient (Wildman–Crippen LogP) is 6.98. The van der Waals surface area contributed by atoms with Crippen molar-refractivity contribution in [2.45, 2.75) is 57.7 Å². The van der Waals surface area contributed by atoms with Gasteiger partial charge in [0.05, 0.1) is 6.61 Å². The van der Waals surface area contributed by atoms with Gasteiger partial charge in [-0.25, -0.2) is 0 Å². The topological polar surface area (TPSA) is 9.23 Å². The third kappa shape index (κ3) is 6.26.